The fourth-order valence-electron chi connectivity index (χ4n) is 1.94. The molecule has 8 heteroatoms. The SMILES string of the molecule is O=C1NC(=O)N(Cc2ccco2)C(=O)/C1=C/c1ccc(Cl)s1. The summed E-state index contributed by atoms with van der Waals surface area (Å²) >= 11 is 7.05. The summed E-state index contributed by atoms with van der Waals surface area (Å²) in [7, 11) is 0. The van der Waals surface area contributed by atoms with Gasteiger partial charge in [0.05, 0.1) is 17.1 Å². The molecule has 3 rings (SSSR count). The van der Waals surface area contributed by atoms with E-state index < -0.39 is 17.8 Å². The lowest BCUT2D eigenvalue weighted by atomic mass is 10.1. The van der Waals surface area contributed by atoms with E-state index in [2.05, 4.69) is 5.32 Å². The van der Waals surface area contributed by atoms with Gasteiger partial charge in [0.25, 0.3) is 11.8 Å². The number of imide groups is 2. The van der Waals surface area contributed by atoms with E-state index in [9.17, 15) is 14.4 Å². The summed E-state index contributed by atoms with van der Waals surface area (Å²) in [6, 6.07) is 5.87. The Bertz CT molecular complexity index is 779. The lowest BCUT2D eigenvalue weighted by Gasteiger charge is -2.25. The molecule has 2 aromatic rings. The number of nitrogens with zero attached hydrogens (tertiary/aromatic N) is 1. The second-order valence-corrected chi connectivity index (χ2v) is 6.18. The molecule has 1 aliphatic rings. The summed E-state index contributed by atoms with van der Waals surface area (Å²) in [6.07, 6.45) is 2.85. The first-order valence-electron chi connectivity index (χ1n) is 6.21. The molecule has 0 radical (unpaired) electrons. The molecule has 1 fully saturated rings. The highest BCUT2D eigenvalue weighted by Crippen LogP contribution is 2.25. The van der Waals surface area contributed by atoms with Crippen LogP contribution in [0, 0.1) is 0 Å². The van der Waals surface area contributed by atoms with Crippen molar-refractivity contribution in [2.45, 2.75) is 6.54 Å². The molecular weight excluding hydrogens is 328 g/mol. The minimum absolute atomic E-state index is 0.0481. The quantitative estimate of drug-likeness (QED) is 0.690. The second kappa shape index (κ2) is 5.78. The van der Waals surface area contributed by atoms with Crippen LogP contribution < -0.4 is 5.32 Å². The largest absolute Gasteiger partial charge is 0.467 e. The van der Waals surface area contributed by atoms with Gasteiger partial charge in [-0.15, -0.1) is 11.3 Å². The van der Waals surface area contributed by atoms with Gasteiger partial charge in [0.15, 0.2) is 0 Å². The number of carbonyl (C=O) groups is 3. The molecule has 0 bridgehead atoms. The van der Waals surface area contributed by atoms with Gasteiger partial charge in [0.2, 0.25) is 0 Å². The lowest BCUT2D eigenvalue weighted by Crippen LogP contribution is -2.53. The van der Waals surface area contributed by atoms with E-state index in [0.29, 0.717) is 15.0 Å². The van der Waals surface area contributed by atoms with Crippen LogP contribution >= 0.6 is 22.9 Å². The summed E-state index contributed by atoms with van der Waals surface area (Å²) in [6.45, 7) is -0.0481. The van der Waals surface area contributed by atoms with E-state index >= 15 is 0 Å². The van der Waals surface area contributed by atoms with Crippen molar-refractivity contribution in [1.29, 1.82) is 0 Å². The standard InChI is InChI=1S/C14H9ClN2O4S/c15-11-4-3-9(22-11)6-10-12(18)16-14(20)17(13(10)19)7-8-2-1-5-21-8/h1-6H,7H2,(H,16,18,20)/b10-6+. The van der Waals surface area contributed by atoms with Crippen LogP contribution in [0.25, 0.3) is 6.08 Å². The molecule has 1 saturated heterocycles. The maximum Gasteiger partial charge on any atom is 0.331 e. The van der Waals surface area contributed by atoms with Crippen LogP contribution in [0.1, 0.15) is 10.6 Å². The zero-order valence-corrected chi connectivity index (χ0v) is 12.6. The molecule has 22 heavy (non-hydrogen) atoms. The molecule has 6 nitrogen and oxygen atoms in total. The van der Waals surface area contributed by atoms with Crippen molar-refractivity contribution in [2.75, 3.05) is 0 Å². The first-order chi connectivity index (χ1) is 10.5. The second-order valence-electron chi connectivity index (χ2n) is 4.43. The Hall–Kier alpha value is -2.38. The predicted octanol–water partition coefficient (Wildman–Crippen LogP) is 2.66. The topological polar surface area (TPSA) is 79.6 Å². The molecule has 1 N–H and O–H groups in total. The molecule has 3 heterocycles. The Balaban J connectivity index is 1.90. The van der Waals surface area contributed by atoms with Crippen molar-refractivity contribution >= 4 is 46.9 Å². The smallest absolute Gasteiger partial charge is 0.331 e. The van der Waals surface area contributed by atoms with Gasteiger partial charge >= 0.3 is 6.03 Å². The summed E-state index contributed by atoms with van der Waals surface area (Å²) in [5, 5.41) is 2.14. The number of hydrogen-bond acceptors (Lipinski definition) is 5. The molecule has 1 aliphatic heterocycles. The number of hydrogen-bond donors (Lipinski definition) is 1. The Morgan fingerprint density at radius 2 is 2.09 bits per heavy atom. The van der Waals surface area contributed by atoms with E-state index in [4.69, 9.17) is 16.0 Å². The molecule has 0 aromatic carbocycles. The number of carbonyl (C=O) groups excluding carboxylic acids is 3. The summed E-state index contributed by atoms with van der Waals surface area (Å²) in [5.74, 6) is -0.957. The third-order valence-electron chi connectivity index (χ3n) is 2.96. The molecule has 0 saturated carbocycles. The van der Waals surface area contributed by atoms with E-state index in [1.54, 1.807) is 24.3 Å². The highest BCUT2D eigenvalue weighted by molar-refractivity contribution is 7.17. The van der Waals surface area contributed by atoms with Crippen LogP contribution in [0.5, 0.6) is 0 Å². The van der Waals surface area contributed by atoms with Crippen molar-refractivity contribution in [3.05, 3.63) is 51.1 Å². The van der Waals surface area contributed by atoms with E-state index in [0.717, 1.165) is 4.90 Å². The summed E-state index contributed by atoms with van der Waals surface area (Å²) in [5.41, 5.74) is -0.121. The zero-order valence-electron chi connectivity index (χ0n) is 11.0. The maximum absolute atomic E-state index is 12.4. The van der Waals surface area contributed by atoms with Gasteiger partial charge in [0, 0.05) is 4.88 Å². The average Bonchev–Trinajstić information content (AvgIpc) is 3.11. The highest BCUT2D eigenvalue weighted by Gasteiger charge is 2.36. The number of barbiturate groups is 1. The Labute approximate surface area is 134 Å². The van der Waals surface area contributed by atoms with E-state index in [1.165, 1.54) is 23.7 Å². The zero-order chi connectivity index (χ0) is 15.7. The van der Waals surface area contributed by atoms with Crippen molar-refractivity contribution in [2.24, 2.45) is 0 Å². The fourth-order valence-corrected chi connectivity index (χ4v) is 2.95. The van der Waals surface area contributed by atoms with E-state index in [-0.39, 0.29) is 12.1 Å². The van der Waals surface area contributed by atoms with Gasteiger partial charge in [-0.05, 0) is 30.3 Å². The maximum atomic E-state index is 12.4. The van der Waals surface area contributed by atoms with Gasteiger partial charge in [-0.3, -0.25) is 19.8 Å². The van der Waals surface area contributed by atoms with Crippen molar-refractivity contribution in [1.82, 2.24) is 10.2 Å². The number of amides is 4. The van der Waals surface area contributed by atoms with Crippen molar-refractivity contribution < 1.29 is 18.8 Å². The fraction of sp³-hybridized carbons (Fsp3) is 0.0714. The van der Waals surface area contributed by atoms with Crippen LogP contribution in [0.3, 0.4) is 0 Å². The third kappa shape index (κ3) is 2.81. The molecule has 112 valence electrons. The minimum Gasteiger partial charge on any atom is -0.467 e. The van der Waals surface area contributed by atoms with E-state index in [1.807, 2.05) is 0 Å². The van der Waals surface area contributed by atoms with Gasteiger partial charge in [-0.2, -0.15) is 0 Å². The number of halogens is 1. The molecule has 0 aliphatic carbocycles. The summed E-state index contributed by atoms with van der Waals surface area (Å²) < 4.78 is 5.66. The number of nitrogens with one attached hydrogen (secondary N) is 1. The monoisotopic (exact) mass is 336 g/mol. The lowest BCUT2D eigenvalue weighted by molar-refractivity contribution is -0.130. The molecule has 0 atom stereocenters. The average molecular weight is 337 g/mol. The molecule has 2 aromatic heterocycles. The van der Waals surface area contributed by atoms with Crippen LogP contribution in [0.15, 0.2) is 40.5 Å². The first kappa shape index (κ1) is 14.6. The Morgan fingerprint density at radius 1 is 1.27 bits per heavy atom. The van der Waals surface area contributed by atoms with Crippen LogP contribution in [0.2, 0.25) is 4.34 Å². The van der Waals surface area contributed by atoms with Gasteiger partial charge < -0.3 is 4.42 Å². The van der Waals surface area contributed by atoms with Gasteiger partial charge in [-0.25, -0.2) is 4.79 Å². The minimum atomic E-state index is -0.771. The van der Waals surface area contributed by atoms with Crippen LogP contribution in [-0.4, -0.2) is 22.7 Å². The van der Waals surface area contributed by atoms with Crippen LogP contribution in [0.4, 0.5) is 4.79 Å². The van der Waals surface area contributed by atoms with Gasteiger partial charge in [0.1, 0.15) is 11.3 Å². The number of furan rings is 1. The normalized spacial score (nSPS) is 17.2. The third-order valence-corrected chi connectivity index (χ3v) is 4.14. The molecular formula is C14H9ClN2O4S. The highest BCUT2D eigenvalue weighted by atomic mass is 35.5. The number of urea groups is 1. The first-order valence-corrected chi connectivity index (χ1v) is 7.40. The Kier molecular flexibility index (Phi) is 3.82. The summed E-state index contributed by atoms with van der Waals surface area (Å²) in [4.78, 5) is 37.7. The molecule has 0 unspecified atom stereocenters. The molecule has 0 spiro atoms. The van der Waals surface area contributed by atoms with Gasteiger partial charge in [-0.1, -0.05) is 11.6 Å². The number of thiophene rings is 1. The molecule has 4 amide bonds. The Morgan fingerprint density at radius 3 is 2.73 bits per heavy atom. The van der Waals surface area contributed by atoms with Crippen molar-refractivity contribution in [3.63, 3.8) is 0 Å². The van der Waals surface area contributed by atoms with Crippen LogP contribution in [-0.2, 0) is 16.1 Å². The predicted molar refractivity (Wildman–Crippen MR) is 80.1 cm³/mol. The number of rotatable bonds is 3. The van der Waals surface area contributed by atoms with Crippen molar-refractivity contribution in [3.8, 4) is 0 Å².